The molecule has 0 saturated carbocycles. The van der Waals surface area contributed by atoms with Gasteiger partial charge in [0.05, 0.1) is 39.6 Å². The molecule has 3 aliphatic rings. The van der Waals surface area contributed by atoms with Crippen molar-refractivity contribution in [1.29, 1.82) is 0 Å². The smallest absolute Gasteiger partial charge is 0.229 e. The zero-order valence-electron chi connectivity index (χ0n) is 21.2. The van der Waals surface area contributed by atoms with Gasteiger partial charge in [0.2, 0.25) is 12.0 Å². The maximum Gasteiger partial charge on any atom is 0.229 e. The summed E-state index contributed by atoms with van der Waals surface area (Å²) in [6, 6.07) is 7.77. The van der Waals surface area contributed by atoms with Crippen LogP contribution in [0.25, 0.3) is 0 Å². The maximum atomic E-state index is 10.8. The van der Waals surface area contributed by atoms with E-state index in [-0.39, 0.29) is 35.5 Å². The van der Waals surface area contributed by atoms with Crippen molar-refractivity contribution in [3.63, 3.8) is 0 Å². The van der Waals surface area contributed by atoms with Gasteiger partial charge in [-0.2, -0.15) is 0 Å². The number of hydrogen-bond acceptors (Lipinski definition) is 13. The molecule has 0 aromatic heterocycles. The van der Waals surface area contributed by atoms with E-state index in [0.29, 0.717) is 11.1 Å². The highest BCUT2D eigenvalue weighted by Gasteiger charge is 2.53. The number of aliphatic hydroxyl groups is 5. The second kappa shape index (κ2) is 10.9. The van der Waals surface area contributed by atoms with E-state index in [1.807, 2.05) is 0 Å². The van der Waals surface area contributed by atoms with Crippen molar-refractivity contribution in [3.05, 3.63) is 41.5 Å². The molecule has 5 rings (SSSR count). The van der Waals surface area contributed by atoms with Gasteiger partial charge in [0.25, 0.3) is 0 Å². The monoisotopic (exact) mass is 552 g/mol. The lowest BCUT2D eigenvalue weighted by atomic mass is 9.84. The van der Waals surface area contributed by atoms with Gasteiger partial charge in [0, 0.05) is 11.8 Å². The Morgan fingerprint density at radius 2 is 1.54 bits per heavy atom. The fourth-order valence-electron chi connectivity index (χ4n) is 5.48. The molecule has 13 nitrogen and oxygen atoms in total. The van der Waals surface area contributed by atoms with Crippen LogP contribution in [0.3, 0.4) is 0 Å². The Kier molecular flexibility index (Phi) is 7.77. The second-order valence-electron chi connectivity index (χ2n) is 9.76. The molecular weight excluding hydrogens is 520 g/mol. The van der Waals surface area contributed by atoms with Crippen molar-refractivity contribution in [2.45, 2.75) is 49.2 Å². The molecule has 10 atom stereocenters. The second-order valence-corrected chi connectivity index (χ2v) is 9.76. The molecule has 0 amide bonds. The van der Waals surface area contributed by atoms with Gasteiger partial charge in [0.15, 0.2) is 29.3 Å². The Labute approximate surface area is 223 Å². The molecule has 3 aliphatic heterocycles. The topological polar surface area (TPSA) is 197 Å². The van der Waals surface area contributed by atoms with Crippen LogP contribution in [0.2, 0.25) is 0 Å². The zero-order chi connectivity index (χ0) is 28.0. The molecule has 3 fully saturated rings. The van der Waals surface area contributed by atoms with Crippen molar-refractivity contribution in [1.82, 2.24) is 0 Å². The highest BCUT2D eigenvalue weighted by molar-refractivity contribution is 5.52. The van der Waals surface area contributed by atoms with E-state index in [1.165, 1.54) is 26.4 Å². The number of aromatic hydroxyl groups is 2. The van der Waals surface area contributed by atoms with E-state index < -0.39 is 67.5 Å². The minimum Gasteiger partial charge on any atom is -0.504 e. The molecule has 3 heterocycles. The summed E-state index contributed by atoms with van der Waals surface area (Å²) in [5.74, 6) is -1.05. The summed E-state index contributed by atoms with van der Waals surface area (Å²) in [6.07, 6.45) is -9.63. The predicted octanol–water partition coefficient (Wildman–Crippen LogP) is -0.313. The molecule has 7 N–H and O–H groups in total. The highest BCUT2D eigenvalue weighted by Crippen LogP contribution is 2.54. The maximum absolute atomic E-state index is 10.8. The number of fused-ring (bicyclic) bond motifs is 1. The zero-order valence-corrected chi connectivity index (χ0v) is 21.2. The predicted molar refractivity (Wildman–Crippen MR) is 129 cm³/mol. The van der Waals surface area contributed by atoms with Gasteiger partial charge in [-0.1, -0.05) is 6.07 Å². The lowest BCUT2D eigenvalue weighted by Gasteiger charge is -2.39. The van der Waals surface area contributed by atoms with E-state index >= 15 is 0 Å². The SMILES string of the molecule is COc1cc([C@H]2O[C@@H](O)[C@H]3[C@@H]2CO[C@@H]3c2cc(O)c(O)c(OC)c2)ccc1O[C@@H]1O[C@H](CO)[C@@H](O)[C@H](O)[C@H]1O. The average Bonchev–Trinajstić information content (AvgIpc) is 3.52. The Morgan fingerprint density at radius 3 is 2.23 bits per heavy atom. The van der Waals surface area contributed by atoms with Crippen LogP contribution in [0, 0.1) is 11.8 Å². The van der Waals surface area contributed by atoms with Crippen LogP contribution in [-0.4, -0.2) is 100 Å². The largest absolute Gasteiger partial charge is 0.504 e. The first kappa shape index (κ1) is 27.7. The van der Waals surface area contributed by atoms with E-state index in [2.05, 4.69) is 0 Å². The molecule has 0 bridgehead atoms. The quantitative estimate of drug-likeness (QED) is 0.221. The fraction of sp³-hybridized carbons (Fsp3) is 0.538. The van der Waals surface area contributed by atoms with Crippen molar-refractivity contribution >= 4 is 0 Å². The van der Waals surface area contributed by atoms with Gasteiger partial charge in [0.1, 0.15) is 24.4 Å². The lowest BCUT2D eigenvalue weighted by Crippen LogP contribution is -2.60. The van der Waals surface area contributed by atoms with Crippen molar-refractivity contribution in [3.8, 4) is 28.7 Å². The minimum atomic E-state index is -1.60. The van der Waals surface area contributed by atoms with Crippen LogP contribution < -0.4 is 14.2 Å². The van der Waals surface area contributed by atoms with Crippen LogP contribution in [0.5, 0.6) is 28.7 Å². The average molecular weight is 553 g/mol. The third-order valence-electron chi connectivity index (χ3n) is 7.55. The number of rotatable bonds is 7. The normalized spacial score (nSPS) is 36.0. The Hall–Kier alpha value is -2.88. The summed E-state index contributed by atoms with van der Waals surface area (Å²) >= 11 is 0. The van der Waals surface area contributed by atoms with Crippen LogP contribution in [0.1, 0.15) is 23.3 Å². The molecule has 0 radical (unpaired) electrons. The van der Waals surface area contributed by atoms with Gasteiger partial charge in [-0.15, -0.1) is 0 Å². The summed E-state index contributed by atoms with van der Waals surface area (Å²) in [6.45, 7) is -0.350. The third-order valence-corrected chi connectivity index (χ3v) is 7.55. The van der Waals surface area contributed by atoms with Crippen LogP contribution >= 0.6 is 0 Å². The van der Waals surface area contributed by atoms with E-state index in [9.17, 15) is 35.7 Å². The Morgan fingerprint density at radius 1 is 0.821 bits per heavy atom. The molecule has 39 heavy (non-hydrogen) atoms. The number of benzene rings is 2. The molecule has 13 heteroatoms. The Balaban J connectivity index is 1.36. The highest BCUT2D eigenvalue weighted by atomic mass is 16.7. The molecule has 0 unspecified atom stereocenters. The van der Waals surface area contributed by atoms with Gasteiger partial charge in [-0.25, -0.2) is 0 Å². The van der Waals surface area contributed by atoms with Crippen LogP contribution in [0.15, 0.2) is 30.3 Å². The van der Waals surface area contributed by atoms with E-state index in [1.54, 1.807) is 18.2 Å². The molecule has 2 aromatic rings. The Bertz CT molecular complexity index is 1170. The fourth-order valence-corrected chi connectivity index (χ4v) is 5.48. The lowest BCUT2D eigenvalue weighted by molar-refractivity contribution is -0.277. The summed E-state index contributed by atoms with van der Waals surface area (Å²) in [7, 11) is 2.77. The van der Waals surface area contributed by atoms with Gasteiger partial charge in [-0.3, -0.25) is 0 Å². The number of phenols is 2. The number of ether oxygens (including phenoxy) is 6. The molecule has 0 aliphatic carbocycles. The number of hydrogen-bond donors (Lipinski definition) is 7. The number of aliphatic hydroxyl groups excluding tert-OH is 5. The first-order valence-corrected chi connectivity index (χ1v) is 12.4. The summed E-state index contributed by atoms with van der Waals surface area (Å²) in [5.41, 5.74) is 1.16. The summed E-state index contributed by atoms with van der Waals surface area (Å²) < 4.78 is 33.7. The molecule has 3 saturated heterocycles. The molecule has 2 aromatic carbocycles. The van der Waals surface area contributed by atoms with Gasteiger partial charge < -0.3 is 64.2 Å². The van der Waals surface area contributed by atoms with E-state index in [4.69, 9.17) is 28.4 Å². The summed E-state index contributed by atoms with van der Waals surface area (Å²) in [5, 5.41) is 70.7. The molecule has 214 valence electrons. The van der Waals surface area contributed by atoms with Gasteiger partial charge >= 0.3 is 0 Å². The van der Waals surface area contributed by atoms with Crippen LogP contribution in [-0.2, 0) is 14.2 Å². The van der Waals surface area contributed by atoms with E-state index in [0.717, 1.165) is 0 Å². The standard InChI is InChI=1S/C26H32O13/c1-34-15-6-10(3-4-14(15)37-26-22(32)21(31)20(30)17(8-27)38-26)23-12-9-36-24(18(12)25(33)39-23)11-5-13(28)19(29)16(7-11)35-2/h3-7,12,17-18,20-33H,8-9H2,1-2H3/t12-,17+,18-,20+,21-,22+,23+,24+,25+,26+/m0/s1. The number of methoxy groups -OCH3 is 2. The number of phenolic OH excluding ortho intramolecular Hbond substituents is 2. The summed E-state index contributed by atoms with van der Waals surface area (Å²) in [4.78, 5) is 0. The third kappa shape index (κ3) is 4.85. The van der Waals surface area contributed by atoms with Crippen LogP contribution in [0.4, 0.5) is 0 Å². The molecular formula is C26H32O13. The first-order valence-electron chi connectivity index (χ1n) is 12.4. The van der Waals surface area contributed by atoms with Crippen molar-refractivity contribution < 1.29 is 64.2 Å². The van der Waals surface area contributed by atoms with Gasteiger partial charge in [-0.05, 0) is 35.4 Å². The van der Waals surface area contributed by atoms with Crippen molar-refractivity contribution in [2.24, 2.45) is 11.8 Å². The minimum absolute atomic E-state index is 0.0710. The first-order chi connectivity index (χ1) is 18.7. The molecule has 0 spiro atoms. The van der Waals surface area contributed by atoms with Crippen molar-refractivity contribution in [2.75, 3.05) is 27.4 Å².